The largest absolute Gasteiger partial charge is 0.461 e. The molecule has 3 N–H and O–H groups in total. The lowest BCUT2D eigenvalue weighted by atomic mass is 10.0. The van der Waals surface area contributed by atoms with Gasteiger partial charge in [-0.25, -0.2) is 4.98 Å². The molecule has 7 heteroatoms. The van der Waals surface area contributed by atoms with Crippen LogP contribution >= 0.6 is 0 Å². The molecule has 0 aliphatic heterocycles. The van der Waals surface area contributed by atoms with Crippen molar-refractivity contribution in [2.45, 2.75) is 51.9 Å². The highest BCUT2D eigenvalue weighted by Crippen LogP contribution is 2.28. The number of aromatic amines is 1. The van der Waals surface area contributed by atoms with Crippen LogP contribution in [0, 0.1) is 5.92 Å². The quantitative estimate of drug-likeness (QED) is 0.364. The molecule has 7 nitrogen and oxygen atoms in total. The molecular weight excluding hydrogens is 328 g/mol. The zero-order valence-corrected chi connectivity index (χ0v) is 15.6. The molecule has 1 saturated carbocycles. The second kappa shape index (κ2) is 9.99. The molecule has 0 spiro atoms. The van der Waals surface area contributed by atoms with Gasteiger partial charge in [-0.1, -0.05) is 25.7 Å². The molecule has 2 heterocycles. The standard InChI is InChI=1S/C19H30N6O/c1-2-20-19(21-12-5-9-15-7-3-4-8-15)22-13-11-17-23-18(25-24-17)16-10-6-14-26-16/h6,10,14-15H,2-5,7-9,11-13H2,1H3,(H2,20,21,22)(H,23,24,25). The third-order valence-corrected chi connectivity index (χ3v) is 4.79. The van der Waals surface area contributed by atoms with Gasteiger partial charge in [0.25, 0.3) is 0 Å². The van der Waals surface area contributed by atoms with Crippen LogP contribution in [0.4, 0.5) is 0 Å². The fourth-order valence-corrected chi connectivity index (χ4v) is 3.43. The number of hydrogen-bond acceptors (Lipinski definition) is 4. The maximum Gasteiger partial charge on any atom is 0.216 e. The first-order valence-corrected chi connectivity index (χ1v) is 9.82. The van der Waals surface area contributed by atoms with Crippen LogP contribution in [-0.2, 0) is 6.42 Å². The van der Waals surface area contributed by atoms with Crippen LogP contribution in [0.15, 0.2) is 27.8 Å². The average molecular weight is 358 g/mol. The molecule has 0 bridgehead atoms. The van der Waals surface area contributed by atoms with Gasteiger partial charge in [-0.2, -0.15) is 5.10 Å². The van der Waals surface area contributed by atoms with Gasteiger partial charge in [0, 0.05) is 26.1 Å². The summed E-state index contributed by atoms with van der Waals surface area (Å²) in [6, 6.07) is 3.69. The van der Waals surface area contributed by atoms with Crippen LogP contribution in [0.25, 0.3) is 11.6 Å². The van der Waals surface area contributed by atoms with E-state index in [4.69, 9.17) is 4.42 Å². The van der Waals surface area contributed by atoms with Crippen LogP contribution < -0.4 is 10.6 Å². The Morgan fingerprint density at radius 3 is 3.00 bits per heavy atom. The number of hydrogen-bond donors (Lipinski definition) is 3. The Kier molecular flexibility index (Phi) is 7.10. The first kappa shape index (κ1) is 18.5. The van der Waals surface area contributed by atoms with Crippen LogP contribution in [0.5, 0.6) is 0 Å². The molecule has 0 atom stereocenters. The molecule has 0 amide bonds. The minimum absolute atomic E-state index is 0.595. The summed E-state index contributed by atoms with van der Waals surface area (Å²) in [6.07, 6.45) is 10.5. The fourth-order valence-electron chi connectivity index (χ4n) is 3.43. The van der Waals surface area contributed by atoms with Gasteiger partial charge in [0.2, 0.25) is 5.82 Å². The van der Waals surface area contributed by atoms with Crippen molar-refractivity contribution in [2.75, 3.05) is 19.6 Å². The number of rotatable bonds is 9. The highest BCUT2D eigenvalue weighted by molar-refractivity contribution is 5.79. The van der Waals surface area contributed by atoms with Crippen molar-refractivity contribution in [3.8, 4) is 11.6 Å². The van der Waals surface area contributed by atoms with Gasteiger partial charge >= 0.3 is 0 Å². The summed E-state index contributed by atoms with van der Waals surface area (Å²) in [5.41, 5.74) is 0. The van der Waals surface area contributed by atoms with E-state index in [-0.39, 0.29) is 0 Å². The van der Waals surface area contributed by atoms with E-state index in [9.17, 15) is 0 Å². The van der Waals surface area contributed by atoms with Gasteiger partial charge in [-0.3, -0.25) is 10.1 Å². The number of nitrogens with zero attached hydrogens (tertiary/aromatic N) is 3. The number of nitrogens with one attached hydrogen (secondary N) is 3. The smallest absolute Gasteiger partial charge is 0.216 e. The van der Waals surface area contributed by atoms with E-state index in [2.05, 4.69) is 37.7 Å². The van der Waals surface area contributed by atoms with Crippen LogP contribution in [0.3, 0.4) is 0 Å². The second-order valence-electron chi connectivity index (χ2n) is 6.81. The Labute approximate surface area is 155 Å². The Balaban J connectivity index is 1.39. The molecule has 1 aliphatic rings. The topological polar surface area (TPSA) is 91.1 Å². The minimum atomic E-state index is 0.595. The highest BCUT2D eigenvalue weighted by Gasteiger charge is 2.14. The lowest BCUT2D eigenvalue weighted by Crippen LogP contribution is -2.38. The fraction of sp³-hybridized carbons (Fsp3) is 0.632. The summed E-state index contributed by atoms with van der Waals surface area (Å²) in [6.45, 7) is 4.58. The first-order chi connectivity index (χ1) is 12.8. The molecule has 2 aromatic rings. The monoisotopic (exact) mass is 358 g/mol. The van der Waals surface area contributed by atoms with Gasteiger partial charge in [0.05, 0.1) is 6.26 Å². The number of guanidine groups is 1. The van der Waals surface area contributed by atoms with Gasteiger partial charge in [-0.05, 0) is 37.8 Å². The summed E-state index contributed by atoms with van der Waals surface area (Å²) in [7, 11) is 0. The molecule has 0 radical (unpaired) electrons. The molecule has 1 aliphatic carbocycles. The van der Waals surface area contributed by atoms with Gasteiger partial charge < -0.3 is 15.1 Å². The zero-order valence-electron chi connectivity index (χ0n) is 15.6. The minimum Gasteiger partial charge on any atom is -0.461 e. The number of aromatic nitrogens is 3. The summed E-state index contributed by atoms with van der Waals surface area (Å²) in [5, 5.41) is 13.8. The summed E-state index contributed by atoms with van der Waals surface area (Å²) >= 11 is 0. The van der Waals surface area contributed by atoms with E-state index in [1.54, 1.807) is 6.26 Å². The molecule has 26 heavy (non-hydrogen) atoms. The summed E-state index contributed by atoms with van der Waals surface area (Å²) < 4.78 is 5.31. The van der Waals surface area contributed by atoms with Crippen molar-refractivity contribution in [1.29, 1.82) is 0 Å². The van der Waals surface area contributed by atoms with Gasteiger partial charge in [0.15, 0.2) is 11.7 Å². The van der Waals surface area contributed by atoms with E-state index in [0.29, 0.717) is 11.6 Å². The summed E-state index contributed by atoms with van der Waals surface area (Å²) in [4.78, 5) is 9.14. The van der Waals surface area contributed by atoms with Crippen LogP contribution in [-0.4, -0.2) is 40.8 Å². The second-order valence-corrected chi connectivity index (χ2v) is 6.81. The van der Waals surface area contributed by atoms with Crippen molar-refractivity contribution < 1.29 is 4.42 Å². The molecule has 0 unspecified atom stereocenters. The number of aliphatic imine (C=N–C) groups is 1. The van der Waals surface area contributed by atoms with E-state index < -0.39 is 0 Å². The van der Waals surface area contributed by atoms with E-state index in [1.807, 2.05) is 12.1 Å². The van der Waals surface area contributed by atoms with Crippen molar-refractivity contribution in [3.05, 3.63) is 24.2 Å². The molecule has 3 rings (SSSR count). The lowest BCUT2D eigenvalue weighted by Gasteiger charge is -2.11. The first-order valence-electron chi connectivity index (χ1n) is 9.82. The zero-order chi connectivity index (χ0) is 18.0. The Morgan fingerprint density at radius 2 is 2.23 bits per heavy atom. The summed E-state index contributed by atoms with van der Waals surface area (Å²) in [5.74, 6) is 3.93. The van der Waals surface area contributed by atoms with Crippen molar-refractivity contribution in [1.82, 2.24) is 25.8 Å². The van der Waals surface area contributed by atoms with Crippen molar-refractivity contribution >= 4 is 5.96 Å². The molecule has 0 aromatic carbocycles. The third kappa shape index (κ3) is 5.61. The van der Waals surface area contributed by atoms with E-state index in [0.717, 1.165) is 43.8 Å². The normalized spacial score (nSPS) is 15.5. The molecule has 2 aromatic heterocycles. The molecule has 0 saturated heterocycles. The maximum absolute atomic E-state index is 5.31. The predicted molar refractivity (Wildman–Crippen MR) is 103 cm³/mol. The lowest BCUT2D eigenvalue weighted by molar-refractivity contribution is 0.487. The molecular formula is C19H30N6O. The molecule has 142 valence electrons. The van der Waals surface area contributed by atoms with E-state index in [1.165, 1.54) is 38.5 Å². The van der Waals surface area contributed by atoms with Crippen molar-refractivity contribution in [2.24, 2.45) is 10.9 Å². The predicted octanol–water partition coefficient (Wildman–Crippen LogP) is 3.13. The van der Waals surface area contributed by atoms with Crippen LogP contribution in [0.1, 0.15) is 51.3 Å². The average Bonchev–Trinajstić information content (AvgIpc) is 3.40. The Bertz CT molecular complexity index is 657. The van der Waals surface area contributed by atoms with Crippen LogP contribution in [0.2, 0.25) is 0 Å². The number of H-pyrrole nitrogens is 1. The Hall–Kier alpha value is -2.31. The number of furan rings is 1. The third-order valence-electron chi connectivity index (χ3n) is 4.79. The molecule has 1 fully saturated rings. The Morgan fingerprint density at radius 1 is 1.35 bits per heavy atom. The maximum atomic E-state index is 5.31. The highest BCUT2D eigenvalue weighted by atomic mass is 16.3. The van der Waals surface area contributed by atoms with E-state index >= 15 is 0 Å². The van der Waals surface area contributed by atoms with Gasteiger partial charge in [-0.15, -0.1) is 0 Å². The van der Waals surface area contributed by atoms with Crippen molar-refractivity contribution in [3.63, 3.8) is 0 Å². The SMILES string of the molecule is CCNC(=NCCCC1CCCC1)NCCc1nc(-c2ccco2)n[nH]1. The van der Waals surface area contributed by atoms with Gasteiger partial charge in [0.1, 0.15) is 5.82 Å².